The minimum absolute atomic E-state index is 0.189. The van der Waals surface area contributed by atoms with Gasteiger partial charge in [-0.25, -0.2) is 14.2 Å². The van der Waals surface area contributed by atoms with Crippen molar-refractivity contribution in [2.45, 2.75) is 26.3 Å². The van der Waals surface area contributed by atoms with E-state index in [1.807, 2.05) is 96.4 Å². The standard InChI is InChI=1S/C30H25N5O/c1-21-28-26-19-25(24-15-9-4-10-16-24)33-35(26)27(18-17-22-11-5-2-6-12-22)31-29(28)30(36)34(32-21)20-23-13-7-3-8-14-23/h2-16,19H,17-18,20H2,1H3. The van der Waals surface area contributed by atoms with E-state index in [0.717, 1.165) is 45.7 Å². The minimum Gasteiger partial charge on any atom is -0.265 e. The number of hydrogen-bond acceptors (Lipinski definition) is 4. The first-order chi connectivity index (χ1) is 17.7. The van der Waals surface area contributed by atoms with Gasteiger partial charge in [-0.1, -0.05) is 91.0 Å². The summed E-state index contributed by atoms with van der Waals surface area (Å²) in [6.07, 6.45) is 1.46. The molecule has 6 nitrogen and oxygen atoms in total. The SMILES string of the molecule is Cc1nn(Cc2ccccc2)c(=O)c2nc(CCc3ccccc3)n3nc(-c4ccccc4)cc3c12. The Bertz CT molecular complexity index is 1720. The molecule has 0 spiro atoms. The summed E-state index contributed by atoms with van der Waals surface area (Å²) in [6, 6.07) is 32.3. The molecule has 6 heteroatoms. The van der Waals surface area contributed by atoms with Crippen molar-refractivity contribution in [1.29, 1.82) is 0 Å². The van der Waals surface area contributed by atoms with Gasteiger partial charge in [0.15, 0.2) is 0 Å². The fourth-order valence-electron chi connectivity index (χ4n) is 4.70. The van der Waals surface area contributed by atoms with Crippen LogP contribution in [0.25, 0.3) is 27.7 Å². The molecule has 0 saturated heterocycles. The lowest BCUT2D eigenvalue weighted by molar-refractivity contribution is 0.634. The van der Waals surface area contributed by atoms with E-state index < -0.39 is 0 Å². The number of nitrogens with zero attached hydrogens (tertiary/aromatic N) is 5. The second-order valence-electron chi connectivity index (χ2n) is 8.96. The van der Waals surface area contributed by atoms with Gasteiger partial charge in [0, 0.05) is 12.0 Å². The highest BCUT2D eigenvalue weighted by Crippen LogP contribution is 2.26. The molecule has 0 saturated carbocycles. The largest absolute Gasteiger partial charge is 0.293 e. The smallest absolute Gasteiger partial charge is 0.265 e. The third-order valence-corrected chi connectivity index (χ3v) is 6.48. The molecule has 0 N–H and O–H groups in total. The minimum atomic E-state index is -0.189. The number of benzene rings is 3. The van der Waals surface area contributed by atoms with Gasteiger partial charge in [-0.05, 0) is 30.5 Å². The van der Waals surface area contributed by atoms with Gasteiger partial charge in [-0.2, -0.15) is 10.2 Å². The molecule has 36 heavy (non-hydrogen) atoms. The maximum atomic E-state index is 13.6. The third kappa shape index (κ3) is 4.07. The zero-order chi connectivity index (χ0) is 24.5. The molecule has 0 fully saturated rings. The lowest BCUT2D eigenvalue weighted by Gasteiger charge is -2.12. The molecule has 0 radical (unpaired) electrons. The van der Waals surface area contributed by atoms with Crippen molar-refractivity contribution >= 4 is 16.4 Å². The van der Waals surface area contributed by atoms with Gasteiger partial charge < -0.3 is 0 Å². The van der Waals surface area contributed by atoms with Crippen molar-refractivity contribution < 1.29 is 0 Å². The van der Waals surface area contributed by atoms with Gasteiger partial charge in [0.25, 0.3) is 5.56 Å². The number of aryl methyl sites for hydroxylation is 3. The fraction of sp³-hybridized carbons (Fsp3) is 0.133. The molecule has 3 aromatic carbocycles. The van der Waals surface area contributed by atoms with Crippen LogP contribution in [0, 0.1) is 6.92 Å². The summed E-state index contributed by atoms with van der Waals surface area (Å²) in [4.78, 5) is 18.6. The first kappa shape index (κ1) is 21.9. The summed E-state index contributed by atoms with van der Waals surface area (Å²) in [5.41, 5.74) is 5.97. The van der Waals surface area contributed by atoms with Crippen LogP contribution in [0.15, 0.2) is 102 Å². The van der Waals surface area contributed by atoms with Crippen LogP contribution in [-0.2, 0) is 19.4 Å². The van der Waals surface area contributed by atoms with Gasteiger partial charge in [0.1, 0.15) is 11.3 Å². The summed E-state index contributed by atoms with van der Waals surface area (Å²) >= 11 is 0. The maximum absolute atomic E-state index is 13.6. The highest BCUT2D eigenvalue weighted by atomic mass is 16.1. The van der Waals surface area contributed by atoms with Crippen LogP contribution >= 0.6 is 0 Å². The Morgan fingerprint density at radius 2 is 1.39 bits per heavy atom. The predicted octanol–water partition coefficient (Wildman–Crippen LogP) is 5.25. The van der Waals surface area contributed by atoms with Crippen molar-refractivity contribution in [2.75, 3.05) is 0 Å². The van der Waals surface area contributed by atoms with Crippen molar-refractivity contribution in [3.63, 3.8) is 0 Å². The molecule has 0 bridgehead atoms. The normalized spacial score (nSPS) is 11.4. The summed E-state index contributed by atoms with van der Waals surface area (Å²) in [6.45, 7) is 2.33. The first-order valence-corrected chi connectivity index (χ1v) is 12.1. The fourth-order valence-corrected chi connectivity index (χ4v) is 4.70. The van der Waals surface area contributed by atoms with E-state index in [1.165, 1.54) is 10.2 Å². The van der Waals surface area contributed by atoms with Crippen molar-refractivity contribution in [3.05, 3.63) is 130 Å². The van der Waals surface area contributed by atoms with Crippen molar-refractivity contribution in [1.82, 2.24) is 24.4 Å². The second kappa shape index (κ2) is 9.23. The predicted molar refractivity (Wildman–Crippen MR) is 142 cm³/mol. The quantitative estimate of drug-likeness (QED) is 0.333. The molecule has 0 aliphatic carbocycles. The Kier molecular flexibility index (Phi) is 5.62. The lowest BCUT2D eigenvalue weighted by atomic mass is 10.1. The van der Waals surface area contributed by atoms with E-state index >= 15 is 0 Å². The van der Waals surface area contributed by atoms with E-state index in [1.54, 1.807) is 0 Å². The first-order valence-electron chi connectivity index (χ1n) is 12.1. The zero-order valence-electron chi connectivity index (χ0n) is 20.0. The van der Waals surface area contributed by atoms with Crippen molar-refractivity contribution in [3.8, 4) is 11.3 Å². The Balaban J connectivity index is 1.54. The molecule has 176 valence electrons. The highest BCUT2D eigenvalue weighted by Gasteiger charge is 2.19. The van der Waals surface area contributed by atoms with Crippen LogP contribution in [-0.4, -0.2) is 24.4 Å². The average Bonchev–Trinajstić information content (AvgIpc) is 3.37. The van der Waals surface area contributed by atoms with Crippen LogP contribution in [0.2, 0.25) is 0 Å². The Labute approximate surface area is 208 Å². The average molecular weight is 472 g/mol. The van der Waals surface area contributed by atoms with E-state index in [2.05, 4.69) is 17.2 Å². The Morgan fingerprint density at radius 3 is 2.08 bits per heavy atom. The number of fused-ring (bicyclic) bond motifs is 3. The topological polar surface area (TPSA) is 65.1 Å². The molecule has 3 heterocycles. The summed E-state index contributed by atoms with van der Waals surface area (Å²) in [5.74, 6) is 0.762. The Morgan fingerprint density at radius 1 is 0.750 bits per heavy atom. The van der Waals surface area contributed by atoms with Crippen LogP contribution in [0.5, 0.6) is 0 Å². The van der Waals surface area contributed by atoms with Crippen LogP contribution < -0.4 is 5.56 Å². The van der Waals surface area contributed by atoms with E-state index in [-0.39, 0.29) is 5.56 Å². The Hall–Kier alpha value is -4.58. The molecule has 6 rings (SSSR count). The second-order valence-corrected chi connectivity index (χ2v) is 8.96. The van der Waals surface area contributed by atoms with Gasteiger partial charge >= 0.3 is 0 Å². The van der Waals surface area contributed by atoms with Gasteiger partial charge in [0.2, 0.25) is 0 Å². The number of hydrogen-bond donors (Lipinski definition) is 0. The summed E-state index contributed by atoms with van der Waals surface area (Å²) < 4.78 is 3.41. The van der Waals surface area contributed by atoms with Gasteiger partial charge in [-0.3, -0.25) is 4.79 Å². The lowest BCUT2D eigenvalue weighted by Crippen LogP contribution is -2.26. The van der Waals surface area contributed by atoms with Crippen molar-refractivity contribution in [2.24, 2.45) is 0 Å². The van der Waals surface area contributed by atoms with Crippen LogP contribution in [0.1, 0.15) is 22.6 Å². The van der Waals surface area contributed by atoms with E-state index in [9.17, 15) is 4.79 Å². The zero-order valence-corrected chi connectivity index (χ0v) is 20.0. The van der Waals surface area contributed by atoms with E-state index in [4.69, 9.17) is 10.1 Å². The highest BCUT2D eigenvalue weighted by molar-refractivity contribution is 5.96. The van der Waals surface area contributed by atoms with Gasteiger partial charge in [-0.15, -0.1) is 0 Å². The summed E-state index contributed by atoms with van der Waals surface area (Å²) in [7, 11) is 0. The summed E-state index contributed by atoms with van der Waals surface area (Å²) in [5, 5.41) is 10.4. The molecule has 0 unspecified atom stereocenters. The molecule has 0 amide bonds. The monoisotopic (exact) mass is 471 g/mol. The molecule has 0 aliphatic rings. The molecule has 0 aliphatic heterocycles. The number of aromatic nitrogens is 5. The third-order valence-electron chi connectivity index (χ3n) is 6.48. The van der Waals surface area contributed by atoms with Gasteiger partial charge in [0.05, 0.1) is 28.8 Å². The number of rotatable bonds is 6. The van der Waals surface area contributed by atoms with E-state index in [0.29, 0.717) is 18.5 Å². The molecule has 0 atom stereocenters. The molecule has 6 aromatic rings. The molecular weight excluding hydrogens is 446 g/mol. The molecule has 3 aromatic heterocycles. The molecular formula is C30H25N5O. The van der Waals surface area contributed by atoms with Crippen LogP contribution in [0.4, 0.5) is 0 Å². The van der Waals surface area contributed by atoms with Crippen LogP contribution in [0.3, 0.4) is 0 Å². The maximum Gasteiger partial charge on any atom is 0.293 e.